The number of hydrogen-bond acceptors (Lipinski definition) is 4. The van der Waals surface area contributed by atoms with Gasteiger partial charge in [0.25, 0.3) is 0 Å². The Bertz CT molecular complexity index is 816. The molecule has 1 aliphatic rings. The summed E-state index contributed by atoms with van der Waals surface area (Å²) in [5, 5.41) is 8.46. The molecule has 0 radical (unpaired) electrons. The van der Waals surface area contributed by atoms with Crippen molar-refractivity contribution in [3.63, 3.8) is 0 Å². The van der Waals surface area contributed by atoms with Crippen LogP contribution < -0.4 is 0 Å². The van der Waals surface area contributed by atoms with Crippen LogP contribution in [0.25, 0.3) is 11.5 Å². The summed E-state index contributed by atoms with van der Waals surface area (Å²) in [6.07, 6.45) is 3.53. The summed E-state index contributed by atoms with van der Waals surface area (Å²) in [6.45, 7) is 1.81. The number of benzene rings is 2. The molecule has 3 aromatic rings. The number of hydrogen-bond donors (Lipinski definition) is 0. The summed E-state index contributed by atoms with van der Waals surface area (Å²) in [5.74, 6) is 1.28. The normalized spacial score (nSPS) is 17.9. The Morgan fingerprint density at radius 3 is 2.64 bits per heavy atom. The van der Waals surface area contributed by atoms with E-state index in [2.05, 4.69) is 61.4 Å². The first-order valence-electron chi connectivity index (χ1n) is 8.64. The Labute approximate surface area is 156 Å². The number of likely N-dealkylation sites (tertiary alicyclic amines) is 1. The zero-order chi connectivity index (χ0) is 17.1. The van der Waals surface area contributed by atoms with Crippen molar-refractivity contribution in [2.24, 2.45) is 0 Å². The number of halogens is 1. The molecule has 1 aliphatic heterocycles. The first-order valence-corrected chi connectivity index (χ1v) is 9.43. The molecule has 128 valence electrons. The largest absolute Gasteiger partial charge is 0.419 e. The van der Waals surface area contributed by atoms with Crippen molar-refractivity contribution in [1.82, 2.24) is 15.1 Å². The van der Waals surface area contributed by atoms with E-state index in [-0.39, 0.29) is 0 Å². The molecule has 1 atom stereocenters. The second-order valence-corrected chi connectivity index (χ2v) is 7.38. The van der Waals surface area contributed by atoms with Gasteiger partial charge in [-0.1, -0.05) is 46.3 Å². The van der Waals surface area contributed by atoms with E-state index in [1.165, 1.54) is 18.4 Å². The Balaban J connectivity index is 1.43. The molecule has 0 saturated carbocycles. The third-order valence-corrected chi connectivity index (χ3v) is 5.24. The highest BCUT2D eigenvalue weighted by molar-refractivity contribution is 9.10. The monoisotopic (exact) mass is 397 g/mol. The van der Waals surface area contributed by atoms with Gasteiger partial charge >= 0.3 is 0 Å². The van der Waals surface area contributed by atoms with Crippen molar-refractivity contribution < 1.29 is 4.42 Å². The van der Waals surface area contributed by atoms with E-state index in [4.69, 9.17) is 4.42 Å². The molecule has 0 aliphatic carbocycles. The summed E-state index contributed by atoms with van der Waals surface area (Å²) in [5.41, 5.74) is 2.34. The molecule has 1 unspecified atom stereocenters. The van der Waals surface area contributed by atoms with Gasteiger partial charge in [-0.25, -0.2) is 0 Å². The average Bonchev–Trinajstić information content (AvgIpc) is 3.27. The summed E-state index contributed by atoms with van der Waals surface area (Å²) < 4.78 is 6.93. The van der Waals surface area contributed by atoms with Gasteiger partial charge in [-0.15, -0.1) is 10.2 Å². The van der Waals surface area contributed by atoms with E-state index in [1.54, 1.807) is 0 Å². The lowest BCUT2D eigenvalue weighted by atomic mass is 10.0. The molecule has 2 heterocycles. The zero-order valence-corrected chi connectivity index (χ0v) is 15.5. The molecule has 0 N–H and O–H groups in total. The lowest BCUT2D eigenvalue weighted by molar-refractivity contribution is 0.221. The number of nitrogens with zero attached hydrogens (tertiary/aromatic N) is 3. The van der Waals surface area contributed by atoms with Crippen LogP contribution in [0.1, 0.15) is 24.3 Å². The van der Waals surface area contributed by atoms with Crippen molar-refractivity contribution in [3.8, 4) is 11.5 Å². The third kappa shape index (κ3) is 3.99. The maximum absolute atomic E-state index is 5.89. The Morgan fingerprint density at radius 2 is 1.84 bits per heavy atom. The molecular formula is C20H20BrN3O. The first kappa shape index (κ1) is 16.5. The molecule has 0 spiro atoms. The van der Waals surface area contributed by atoms with E-state index >= 15 is 0 Å². The SMILES string of the molecule is Brc1ccc(-c2nnc(CN3CCCC3Cc3ccccc3)o2)cc1. The Hall–Kier alpha value is -1.98. The standard InChI is InChI=1S/C20H20BrN3O/c21-17-10-8-16(9-11-17)20-23-22-19(25-20)14-24-12-4-7-18(24)13-15-5-2-1-3-6-15/h1-3,5-6,8-11,18H,4,7,12-14H2. The second kappa shape index (κ2) is 7.50. The van der Waals surface area contributed by atoms with Gasteiger partial charge in [-0.3, -0.25) is 4.90 Å². The molecule has 0 amide bonds. The molecule has 25 heavy (non-hydrogen) atoms. The fourth-order valence-electron chi connectivity index (χ4n) is 3.42. The summed E-state index contributed by atoms with van der Waals surface area (Å²) in [7, 11) is 0. The highest BCUT2D eigenvalue weighted by atomic mass is 79.9. The van der Waals surface area contributed by atoms with E-state index < -0.39 is 0 Å². The molecule has 2 aromatic carbocycles. The smallest absolute Gasteiger partial charge is 0.247 e. The van der Waals surface area contributed by atoms with Crippen LogP contribution in [0.3, 0.4) is 0 Å². The van der Waals surface area contributed by atoms with Crippen LogP contribution in [0.2, 0.25) is 0 Å². The summed E-state index contributed by atoms with van der Waals surface area (Å²) in [4.78, 5) is 2.46. The van der Waals surface area contributed by atoms with Gasteiger partial charge in [0.1, 0.15) is 0 Å². The highest BCUT2D eigenvalue weighted by Crippen LogP contribution is 2.25. The van der Waals surface area contributed by atoms with Gasteiger partial charge in [0.05, 0.1) is 6.54 Å². The minimum Gasteiger partial charge on any atom is -0.419 e. The Morgan fingerprint density at radius 1 is 1.04 bits per heavy atom. The molecule has 5 heteroatoms. The average molecular weight is 398 g/mol. The van der Waals surface area contributed by atoms with Crippen molar-refractivity contribution in [1.29, 1.82) is 0 Å². The predicted molar refractivity (Wildman–Crippen MR) is 101 cm³/mol. The summed E-state index contributed by atoms with van der Waals surface area (Å²) in [6, 6.07) is 19.2. The van der Waals surface area contributed by atoms with E-state index in [0.717, 1.165) is 29.5 Å². The van der Waals surface area contributed by atoms with Gasteiger partial charge in [0.2, 0.25) is 11.8 Å². The van der Waals surface area contributed by atoms with E-state index in [0.29, 0.717) is 17.8 Å². The van der Waals surface area contributed by atoms with Crippen LogP contribution in [0.5, 0.6) is 0 Å². The van der Waals surface area contributed by atoms with Crippen LogP contribution in [0, 0.1) is 0 Å². The van der Waals surface area contributed by atoms with Crippen molar-refractivity contribution in [2.45, 2.75) is 31.8 Å². The molecule has 1 fully saturated rings. The lowest BCUT2D eigenvalue weighted by Gasteiger charge is -2.22. The van der Waals surface area contributed by atoms with Gasteiger partial charge in [-0.2, -0.15) is 0 Å². The quantitative estimate of drug-likeness (QED) is 0.625. The maximum Gasteiger partial charge on any atom is 0.247 e. The third-order valence-electron chi connectivity index (χ3n) is 4.71. The van der Waals surface area contributed by atoms with Crippen LogP contribution in [0.4, 0.5) is 0 Å². The van der Waals surface area contributed by atoms with Crippen LogP contribution in [-0.2, 0) is 13.0 Å². The van der Waals surface area contributed by atoms with Crippen LogP contribution in [0.15, 0.2) is 63.5 Å². The highest BCUT2D eigenvalue weighted by Gasteiger charge is 2.26. The maximum atomic E-state index is 5.89. The fraction of sp³-hybridized carbons (Fsp3) is 0.300. The first-order chi connectivity index (χ1) is 12.3. The number of aromatic nitrogens is 2. The van der Waals surface area contributed by atoms with E-state index in [9.17, 15) is 0 Å². The second-order valence-electron chi connectivity index (χ2n) is 6.46. The van der Waals surface area contributed by atoms with E-state index in [1.807, 2.05) is 24.3 Å². The molecule has 1 saturated heterocycles. The van der Waals surface area contributed by atoms with Crippen molar-refractivity contribution >= 4 is 15.9 Å². The number of rotatable bonds is 5. The van der Waals surface area contributed by atoms with Crippen molar-refractivity contribution in [3.05, 3.63) is 70.5 Å². The molecule has 1 aromatic heterocycles. The lowest BCUT2D eigenvalue weighted by Crippen LogP contribution is -2.30. The topological polar surface area (TPSA) is 42.2 Å². The van der Waals surface area contributed by atoms with Gasteiger partial charge in [0.15, 0.2) is 0 Å². The van der Waals surface area contributed by atoms with Crippen molar-refractivity contribution in [2.75, 3.05) is 6.54 Å². The molecule has 4 nitrogen and oxygen atoms in total. The molecule has 4 rings (SSSR count). The summed E-state index contributed by atoms with van der Waals surface area (Å²) >= 11 is 3.44. The van der Waals surface area contributed by atoms with Gasteiger partial charge in [-0.05, 0) is 55.6 Å². The fourth-order valence-corrected chi connectivity index (χ4v) is 3.69. The molecular weight excluding hydrogens is 378 g/mol. The minimum atomic E-state index is 0.547. The Kier molecular flexibility index (Phi) is 4.95. The predicted octanol–water partition coefficient (Wildman–Crippen LogP) is 4.71. The van der Waals surface area contributed by atoms with Crippen LogP contribution >= 0.6 is 15.9 Å². The van der Waals surface area contributed by atoms with Crippen LogP contribution in [-0.4, -0.2) is 27.7 Å². The zero-order valence-electron chi connectivity index (χ0n) is 13.9. The van der Waals surface area contributed by atoms with Gasteiger partial charge in [0, 0.05) is 16.1 Å². The minimum absolute atomic E-state index is 0.547. The van der Waals surface area contributed by atoms with Gasteiger partial charge < -0.3 is 4.42 Å². The molecule has 0 bridgehead atoms.